The molecule has 0 bridgehead atoms. The van der Waals surface area contributed by atoms with Crippen LogP contribution < -0.4 is 0 Å². The van der Waals surface area contributed by atoms with Crippen LogP contribution >= 0.6 is 0 Å². The number of benzene rings is 1. The molecule has 1 amide bonds. The molecule has 0 fully saturated rings. The monoisotopic (exact) mass is 366 g/mol. The Morgan fingerprint density at radius 2 is 2.00 bits per heavy atom. The van der Waals surface area contributed by atoms with E-state index in [9.17, 15) is 9.18 Å². The zero-order valence-electron chi connectivity index (χ0n) is 14.9. The third-order valence-corrected chi connectivity index (χ3v) is 5.25. The normalized spacial score (nSPS) is 21.2. The molecule has 3 aromatic rings. The lowest BCUT2D eigenvalue weighted by molar-refractivity contribution is 0.0692. The second-order valence-corrected chi connectivity index (χ2v) is 7.09. The van der Waals surface area contributed by atoms with Crippen molar-refractivity contribution in [3.05, 3.63) is 65.0 Å². The number of carbonyl (C=O) groups excluding carboxylic acids is 1. The Morgan fingerprint density at radius 3 is 2.81 bits per heavy atom. The topological polar surface area (TPSA) is 68.8 Å². The van der Waals surface area contributed by atoms with Crippen molar-refractivity contribution in [2.45, 2.75) is 38.6 Å². The molecule has 0 aliphatic carbocycles. The molecule has 2 atom stereocenters. The molecule has 0 N–H and O–H groups in total. The van der Waals surface area contributed by atoms with Crippen molar-refractivity contribution in [1.82, 2.24) is 29.4 Å². The highest BCUT2D eigenvalue weighted by Gasteiger charge is 2.37. The molecule has 8 heteroatoms. The molecule has 0 radical (unpaired) electrons. The maximum atomic E-state index is 14.5. The molecule has 138 valence electrons. The highest BCUT2D eigenvalue weighted by molar-refractivity contribution is 5.90. The Bertz CT molecular complexity index is 1010. The van der Waals surface area contributed by atoms with Gasteiger partial charge in [-0.2, -0.15) is 5.10 Å². The number of nitrogens with zero attached hydrogens (tertiary/aromatic N) is 6. The Balaban J connectivity index is 1.43. The van der Waals surface area contributed by atoms with E-state index < -0.39 is 6.17 Å². The van der Waals surface area contributed by atoms with Gasteiger partial charge < -0.3 is 4.90 Å². The number of amides is 1. The van der Waals surface area contributed by atoms with Crippen LogP contribution in [0.25, 0.3) is 0 Å². The van der Waals surface area contributed by atoms with Crippen molar-refractivity contribution in [2.24, 2.45) is 0 Å². The van der Waals surface area contributed by atoms with Crippen LogP contribution in [0.2, 0.25) is 0 Å². The lowest BCUT2D eigenvalue weighted by Gasteiger charge is -2.26. The van der Waals surface area contributed by atoms with Crippen molar-refractivity contribution in [3.63, 3.8) is 0 Å². The molecule has 2 aliphatic rings. The van der Waals surface area contributed by atoms with Gasteiger partial charge in [0, 0.05) is 13.0 Å². The smallest absolute Gasteiger partial charge is 0.293 e. The summed E-state index contributed by atoms with van der Waals surface area (Å²) in [5.41, 5.74) is 2.90. The summed E-state index contributed by atoms with van der Waals surface area (Å²) in [5, 5.41) is 8.79. The van der Waals surface area contributed by atoms with Crippen LogP contribution in [0, 0.1) is 6.92 Å². The van der Waals surface area contributed by atoms with Gasteiger partial charge in [0.25, 0.3) is 5.91 Å². The first kappa shape index (κ1) is 16.2. The van der Waals surface area contributed by atoms with Gasteiger partial charge in [0.15, 0.2) is 12.0 Å². The Morgan fingerprint density at radius 1 is 1.19 bits per heavy atom. The molecule has 27 heavy (non-hydrogen) atoms. The lowest BCUT2D eigenvalue weighted by atomic mass is 10.0. The molecular weight excluding hydrogens is 347 g/mol. The number of hydrogen-bond donors (Lipinski definition) is 0. The van der Waals surface area contributed by atoms with Crippen molar-refractivity contribution >= 4 is 5.91 Å². The van der Waals surface area contributed by atoms with Gasteiger partial charge in [-0.3, -0.25) is 9.48 Å². The van der Waals surface area contributed by atoms with E-state index in [-0.39, 0.29) is 23.6 Å². The van der Waals surface area contributed by atoms with Crippen LogP contribution in [0.1, 0.15) is 52.0 Å². The Labute approximate surface area is 155 Å². The van der Waals surface area contributed by atoms with Crippen molar-refractivity contribution in [2.75, 3.05) is 6.54 Å². The van der Waals surface area contributed by atoms with E-state index in [0.717, 1.165) is 17.0 Å². The maximum Gasteiger partial charge on any atom is 0.293 e. The Hall–Kier alpha value is -3.03. The second kappa shape index (κ2) is 6.00. The predicted octanol–water partition coefficient (Wildman–Crippen LogP) is 2.44. The first-order valence-corrected chi connectivity index (χ1v) is 9.08. The summed E-state index contributed by atoms with van der Waals surface area (Å²) in [6.07, 6.45) is -0.912. The van der Waals surface area contributed by atoms with Crippen LogP contribution in [0.5, 0.6) is 0 Å². The zero-order valence-corrected chi connectivity index (χ0v) is 14.9. The average molecular weight is 366 g/mol. The van der Waals surface area contributed by atoms with E-state index in [1.54, 1.807) is 9.58 Å². The standard InChI is InChI=1S/C19H19FN6O/c1-12-9-14-11-24(7-8-25(14)22-12)19(27)17-21-18-15(20)10-16(26(18)23-17)13-5-3-2-4-6-13/h2-6,9,15-16H,7-8,10-11H2,1H3/t15-,16-/m0/s1. The Kier molecular flexibility index (Phi) is 3.60. The number of fused-ring (bicyclic) bond motifs is 2. The summed E-state index contributed by atoms with van der Waals surface area (Å²) in [5.74, 6) is 0.0454. The number of aryl methyl sites for hydroxylation is 1. The minimum absolute atomic E-state index is 0.0676. The molecule has 5 rings (SSSR count). The summed E-state index contributed by atoms with van der Waals surface area (Å²) < 4.78 is 18.0. The quantitative estimate of drug-likeness (QED) is 0.699. The van der Waals surface area contributed by atoms with Gasteiger partial charge in [-0.05, 0) is 18.6 Å². The lowest BCUT2D eigenvalue weighted by Crippen LogP contribution is -2.39. The number of carbonyl (C=O) groups is 1. The van der Waals surface area contributed by atoms with E-state index in [0.29, 0.717) is 26.1 Å². The van der Waals surface area contributed by atoms with Gasteiger partial charge in [-0.15, -0.1) is 5.10 Å². The third kappa shape index (κ3) is 2.63. The first-order valence-electron chi connectivity index (χ1n) is 9.08. The molecule has 4 heterocycles. The van der Waals surface area contributed by atoms with Gasteiger partial charge in [0.05, 0.1) is 30.5 Å². The molecule has 0 unspecified atom stereocenters. The van der Waals surface area contributed by atoms with E-state index >= 15 is 0 Å². The predicted molar refractivity (Wildman–Crippen MR) is 94.8 cm³/mol. The molecule has 2 aromatic heterocycles. The summed E-state index contributed by atoms with van der Waals surface area (Å²) in [7, 11) is 0. The summed E-state index contributed by atoms with van der Waals surface area (Å²) in [4.78, 5) is 18.9. The first-order chi connectivity index (χ1) is 13.1. The average Bonchev–Trinajstić information content (AvgIpc) is 3.35. The van der Waals surface area contributed by atoms with E-state index in [2.05, 4.69) is 15.2 Å². The fourth-order valence-corrected chi connectivity index (χ4v) is 3.95. The molecular formula is C19H19FN6O. The van der Waals surface area contributed by atoms with E-state index in [4.69, 9.17) is 0 Å². The van der Waals surface area contributed by atoms with Crippen molar-refractivity contribution < 1.29 is 9.18 Å². The summed E-state index contributed by atoms with van der Waals surface area (Å²) in [6.45, 7) is 3.58. The number of alkyl halides is 1. The zero-order chi connectivity index (χ0) is 18.5. The van der Waals surface area contributed by atoms with Crippen molar-refractivity contribution in [3.8, 4) is 0 Å². The molecule has 1 aromatic carbocycles. The van der Waals surface area contributed by atoms with Crippen LogP contribution in [-0.2, 0) is 13.1 Å². The SMILES string of the molecule is Cc1cc2n(n1)CCN(C(=O)c1nc3n(n1)[C@H](c1ccccc1)C[C@@H]3F)C2. The largest absolute Gasteiger partial charge is 0.328 e. The summed E-state index contributed by atoms with van der Waals surface area (Å²) in [6, 6.07) is 11.4. The number of aromatic nitrogens is 5. The number of hydrogen-bond acceptors (Lipinski definition) is 4. The van der Waals surface area contributed by atoms with Gasteiger partial charge in [-0.1, -0.05) is 30.3 Å². The molecule has 0 saturated heterocycles. The number of rotatable bonds is 2. The van der Waals surface area contributed by atoms with Crippen molar-refractivity contribution in [1.29, 1.82) is 0 Å². The van der Waals surface area contributed by atoms with Crippen LogP contribution in [0.3, 0.4) is 0 Å². The fourth-order valence-electron chi connectivity index (χ4n) is 3.95. The van der Waals surface area contributed by atoms with Gasteiger partial charge in [0.1, 0.15) is 0 Å². The van der Waals surface area contributed by atoms with Gasteiger partial charge in [0.2, 0.25) is 5.82 Å². The molecule has 0 saturated carbocycles. The minimum atomic E-state index is -1.21. The molecule has 7 nitrogen and oxygen atoms in total. The van der Waals surface area contributed by atoms with E-state index in [1.807, 2.05) is 48.0 Å². The van der Waals surface area contributed by atoms with Crippen LogP contribution in [-0.4, -0.2) is 41.9 Å². The van der Waals surface area contributed by atoms with Gasteiger partial charge >= 0.3 is 0 Å². The van der Waals surface area contributed by atoms with Crippen LogP contribution in [0.4, 0.5) is 4.39 Å². The number of halogens is 1. The van der Waals surface area contributed by atoms with Crippen LogP contribution in [0.15, 0.2) is 36.4 Å². The molecule has 0 spiro atoms. The minimum Gasteiger partial charge on any atom is -0.328 e. The highest BCUT2D eigenvalue weighted by Crippen LogP contribution is 2.39. The highest BCUT2D eigenvalue weighted by atomic mass is 19.1. The third-order valence-electron chi connectivity index (χ3n) is 5.25. The fraction of sp³-hybridized carbons (Fsp3) is 0.368. The van der Waals surface area contributed by atoms with Gasteiger partial charge in [-0.25, -0.2) is 14.1 Å². The molecule has 2 aliphatic heterocycles. The van der Waals surface area contributed by atoms with E-state index in [1.165, 1.54) is 0 Å². The second-order valence-electron chi connectivity index (χ2n) is 7.09. The maximum absolute atomic E-state index is 14.5. The summed E-state index contributed by atoms with van der Waals surface area (Å²) >= 11 is 0.